The van der Waals surface area contributed by atoms with Crippen molar-refractivity contribution >= 4 is 44.3 Å². The average molecular weight is 465 g/mol. The Morgan fingerprint density at radius 1 is 0.743 bits per heavy atom. The molecule has 0 unspecified atom stereocenters. The zero-order valence-corrected chi connectivity index (χ0v) is 19.5. The van der Waals surface area contributed by atoms with Gasteiger partial charge in [-0.15, -0.1) is 0 Å². The first-order valence-corrected chi connectivity index (χ1v) is 12.0. The van der Waals surface area contributed by atoms with Crippen LogP contribution in [0.15, 0.2) is 84.9 Å². The van der Waals surface area contributed by atoms with E-state index in [1.54, 1.807) is 0 Å². The Morgan fingerprint density at radius 3 is 2.17 bits per heavy atom. The van der Waals surface area contributed by atoms with Crippen LogP contribution in [0.3, 0.4) is 0 Å². The fourth-order valence-corrected chi connectivity index (χ4v) is 4.93. The number of carbonyl (C=O) groups is 2. The van der Waals surface area contributed by atoms with E-state index in [4.69, 9.17) is 0 Å². The van der Waals surface area contributed by atoms with Gasteiger partial charge < -0.3 is 15.3 Å². The molecule has 5 heteroatoms. The normalized spacial score (nSPS) is 11.3. The van der Waals surface area contributed by atoms with Gasteiger partial charge in [0.25, 0.3) is 0 Å². The molecule has 2 amide bonds. The maximum Gasteiger partial charge on any atom is 0.323 e. The van der Waals surface area contributed by atoms with Crippen LogP contribution in [0.25, 0.3) is 32.3 Å². The smallest absolute Gasteiger partial charge is 0.323 e. The number of amides is 2. The monoisotopic (exact) mass is 464 g/mol. The molecule has 176 valence electrons. The van der Waals surface area contributed by atoms with E-state index in [1.165, 1.54) is 42.8 Å². The minimum Gasteiger partial charge on any atom is -0.480 e. The number of carboxylic acids is 1. The molecule has 0 aliphatic heterocycles. The number of hydrogen-bond acceptors (Lipinski definition) is 2. The van der Waals surface area contributed by atoms with E-state index in [2.05, 4.69) is 59.9 Å². The second-order valence-electron chi connectivity index (χ2n) is 9.01. The Labute approximate surface area is 204 Å². The molecular formula is C30H28N2O3. The van der Waals surface area contributed by atoms with Gasteiger partial charge in [0.05, 0.1) is 0 Å². The van der Waals surface area contributed by atoms with E-state index >= 15 is 0 Å². The van der Waals surface area contributed by atoms with Gasteiger partial charge in [-0.05, 0) is 62.7 Å². The quantitative estimate of drug-likeness (QED) is 0.201. The molecule has 0 spiro atoms. The number of unbranched alkanes of at least 4 members (excludes halogenated alkanes) is 1. The minimum absolute atomic E-state index is 0.266. The third-order valence-electron chi connectivity index (χ3n) is 6.60. The number of hydrogen-bond donors (Lipinski definition) is 2. The van der Waals surface area contributed by atoms with Crippen molar-refractivity contribution in [3.63, 3.8) is 0 Å². The molecule has 35 heavy (non-hydrogen) atoms. The topological polar surface area (TPSA) is 69.6 Å². The summed E-state index contributed by atoms with van der Waals surface area (Å²) in [6.07, 6.45) is 2.68. The number of carboxylic acid groups (broad SMARTS) is 1. The van der Waals surface area contributed by atoms with Crippen molar-refractivity contribution in [2.75, 3.05) is 13.1 Å². The van der Waals surface area contributed by atoms with Gasteiger partial charge >= 0.3 is 12.0 Å². The highest BCUT2D eigenvalue weighted by Gasteiger charge is 2.17. The van der Waals surface area contributed by atoms with Crippen molar-refractivity contribution in [1.82, 2.24) is 10.2 Å². The molecule has 0 bridgehead atoms. The first-order valence-electron chi connectivity index (χ1n) is 12.0. The van der Waals surface area contributed by atoms with Crippen molar-refractivity contribution in [2.45, 2.75) is 25.8 Å². The molecule has 0 aliphatic carbocycles. The summed E-state index contributed by atoms with van der Waals surface area (Å²) in [5, 5.41) is 19.9. The lowest BCUT2D eigenvalue weighted by Gasteiger charge is -2.21. The van der Waals surface area contributed by atoms with Gasteiger partial charge in [-0.1, -0.05) is 84.9 Å². The van der Waals surface area contributed by atoms with Crippen LogP contribution in [0.5, 0.6) is 0 Å². The Kier molecular flexibility index (Phi) is 6.49. The molecule has 0 saturated heterocycles. The lowest BCUT2D eigenvalue weighted by molar-refractivity contribution is -0.137. The van der Waals surface area contributed by atoms with Gasteiger partial charge in [-0.2, -0.15) is 0 Å². The third kappa shape index (κ3) is 4.90. The van der Waals surface area contributed by atoms with Crippen LogP contribution in [0.4, 0.5) is 4.79 Å². The molecule has 0 heterocycles. The van der Waals surface area contributed by atoms with Crippen LogP contribution in [0.2, 0.25) is 0 Å². The van der Waals surface area contributed by atoms with Crippen molar-refractivity contribution in [2.24, 2.45) is 0 Å². The van der Waals surface area contributed by atoms with Crippen LogP contribution in [0, 0.1) is 0 Å². The zero-order chi connectivity index (χ0) is 24.2. The Hall–Kier alpha value is -4.12. The highest BCUT2D eigenvalue weighted by Crippen LogP contribution is 2.36. The molecule has 0 fully saturated rings. The SMILES string of the molecule is O=C(O)CN(Cc1ccccc1)C(=O)NCCCCc1ccc2ccc3cccc4ccc1c2c34. The van der Waals surface area contributed by atoms with Gasteiger partial charge in [0.1, 0.15) is 6.54 Å². The molecule has 2 N–H and O–H groups in total. The van der Waals surface area contributed by atoms with Gasteiger partial charge in [0.2, 0.25) is 0 Å². The summed E-state index contributed by atoms with van der Waals surface area (Å²) in [6, 6.07) is 28.8. The van der Waals surface area contributed by atoms with Crippen molar-refractivity contribution in [1.29, 1.82) is 0 Å². The molecule has 0 aromatic heterocycles. The number of aryl methyl sites for hydroxylation is 1. The van der Waals surface area contributed by atoms with Crippen molar-refractivity contribution in [3.8, 4) is 0 Å². The van der Waals surface area contributed by atoms with Gasteiger partial charge in [-0.3, -0.25) is 4.79 Å². The summed E-state index contributed by atoms with van der Waals surface area (Å²) < 4.78 is 0. The molecule has 0 aliphatic rings. The number of nitrogens with zero attached hydrogens (tertiary/aromatic N) is 1. The van der Waals surface area contributed by atoms with Crippen LogP contribution in [-0.4, -0.2) is 35.1 Å². The fourth-order valence-electron chi connectivity index (χ4n) is 4.93. The fraction of sp³-hybridized carbons (Fsp3) is 0.200. The first kappa shape index (κ1) is 22.7. The molecule has 0 atom stereocenters. The van der Waals surface area contributed by atoms with Crippen LogP contribution in [-0.2, 0) is 17.8 Å². The summed E-state index contributed by atoms with van der Waals surface area (Å²) in [5.41, 5.74) is 2.22. The molecular weight excluding hydrogens is 436 g/mol. The zero-order valence-electron chi connectivity index (χ0n) is 19.5. The van der Waals surface area contributed by atoms with E-state index in [9.17, 15) is 14.7 Å². The number of urea groups is 1. The molecule has 0 saturated carbocycles. The molecule has 5 rings (SSSR count). The van der Waals surface area contributed by atoms with Gasteiger partial charge in [0.15, 0.2) is 0 Å². The standard InChI is InChI=1S/C30H28N2O3/c33-27(34)20-32(19-21-7-2-1-3-8-21)30(35)31-18-5-4-9-22-12-13-25-15-14-23-10-6-11-24-16-17-26(22)29(25)28(23)24/h1-3,6-8,10-17H,4-5,9,18-20H2,(H,31,35)(H,33,34). The van der Waals surface area contributed by atoms with Crippen LogP contribution < -0.4 is 5.32 Å². The summed E-state index contributed by atoms with van der Waals surface area (Å²) in [6.45, 7) is 0.445. The van der Waals surface area contributed by atoms with Crippen molar-refractivity contribution in [3.05, 3.63) is 96.1 Å². The predicted molar refractivity (Wildman–Crippen MR) is 141 cm³/mol. The summed E-state index contributed by atoms with van der Waals surface area (Å²) in [4.78, 5) is 25.2. The largest absolute Gasteiger partial charge is 0.480 e. The minimum atomic E-state index is -1.02. The van der Waals surface area contributed by atoms with E-state index in [-0.39, 0.29) is 19.1 Å². The molecule has 5 nitrogen and oxygen atoms in total. The molecule has 5 aromatic rings. The Bertz CT molecular complexity index is 1460. The third-order valence-corrected chi connectivity index (χ3v) is 6.60. The second-order valence-corrected chi connectivity index (χ2v) is 9.01. The van der Waals surface area contributed by atoms with E-state index < -0.39 is 5.97 Å². The Morgan fingerprint density at radius 2 is 1.43 bits per heavy atom. The maximum absolute atomic E-state index is 12.6. The molecule has 0 radical (unpaired) electrons. The van der Waals surface area contributed by atoms with Crippen LogP contribution in [0.1, 0.15) is 24.0 Å². The highest BCUT2D eigenvalue weighted by atomic mass is 16.4. The number of nitrogens with one attached hydrogen (secondary N) is 1. The lowest BCUT2D eigenvalue weighted by Crippen LogP contribution is -2.42. The van der Waals surface area contributed by atoms with E-state index in [1.807, 2.05) is 30.3 Å². The van der Waals surface area contributed by atoms with E-state index in [0.29, 0.717) is 6.54 Å². The second kappa shape index (κ2) is 10.0. The summed E-state index contributed by atoms with van der Waals surface area (Å²) in [7, 11) is 0. The van der Waals surface area contributed by atoms with Crippen molar-refractivity contribution < 1.29 is 14.7 Å². The summed E-state index contributed by atoms with van der Waals surface area (Å²) in [5.74, 6) is -1.02. The number of rotatable bonds is 9. The van der Waals surface area contributed by atoms with Crippen LogP contribution >= 0.6 is 0 Å². The maximum atomic E-state index is 12.6. The lowest BCUT2D eigenvalue weighted by atomic mass is 9.90. The highest BCUT2D eigenvalue weighted by molar-refractivity contribution is 6.23. The van der Waals surface area contributed by atoms with Gasteiger partial charge in [0, 0.05) is 13.1 Å². The van der Waals surface area contributed by atoms with Gasteiger partial charge in [-0.25, -0.2) is 4.79 Å². The number of aliphatic carboxylic acids is 1. The molecule has 5 aromatic carbocycles. The Balaban J connectivity index is 1.21. The number of carbonyl (C=O) groups excluding carboxylic acids is 1. The predicted octanol–water partition coefficient (Wildman–Crippen LogP) is 6.20. The first-order chi connectivity index (χ1) is 17.1. The summed E-state index contributed by atoms with van der Waals surface area (Å²) >= 11 is 0. The van der Waals surface area contributed by atoms with E-state index in [0.717, 1.165) is 24.8 Å². The average Bonchev–Trinajstić information content (AvgIpc) is 2.87. The number of benzene rings is 5.